The molecule has 0 aliphatic carbocycles. The topological polar surface area (TPSA) is 119 Å². The van der Waals surface area contributed by atoms with Crippen molar-refractivity contribution < 1.29 is 9.47 Å². The molecule has 35 heavy (non-hydrogen) atoms. The highest BCUT2D eigenvalue weighted by molar-refractivity contribution is 8.32. The Morgan fingerprint density at radius 1 is 1.06 bits per heavy atom. The summed E-state index contributed by atoms with van der Waals surface area (Å²) in [5, 5.41) is 0. The van der Waals surface area contributed by atoms with Crippen LogP contribution in [0.1, 0.15) is 25.1 Å². The van der Waals surface area contributed by atoms with Crippen LogP contribution in [0.4, 0.5) is 5.82 Å². The van der Waals surface area contributed by atoms with Crippen LogP contribution in [0.15, 0.2) is 30.7 Å². The molecule has 0 saturated carbocycles. The lowest BCUT2D eigenvalue weighted by Crippen LogP contribution is -2.11. The lowest BCUT2D eigenvalue weighted by atomic mass is 10.2. The number of hydrogen-bond donors (Lipinski definition) is 1. The highest BCUT2D eigenvalue weighted by Gasteiger charge is 2.20. The normalized spacial score (nSPS) is 12.4. The van der Waals surface area contributed by atoms with Gasteiger partial charge in [-0.2, -0.15) is 4.98 Å². The van der Waals surface area contributed by atoms with E-state index in [1.165, 1.54) is 0 Å². The number of aromatic nitrogens is 7. The molecule has 0 aromatic carbocycles. The Morgan fingerprint density at radius 2 is 1.89 bits per heavy atom. The molecule has 4 rings (SSSR count). The van der Waals surface area contributed by atoms with Gasteiger partial charge in [0.25, 0.3) is 6.01 Å². The standard InChI is InChI=1S/C24H34N8O2S/c1-6-18-9-8-17(14-27-18)15-32-22-19(28-24(32)34-7-2)20(25)29-21(30-22)23-26-10-11-31(23)16-33-12-13-35(3,4)5/h8-11,14H,6-7,12-13,15-16H2,1-5H3,(H2,25,29,30). The number of nitrogens with zero attached hydrogens (tertiary/aromatic N) is 7. The highest BCUT2D eigenvalue weighted by atomic mass is 32.3. The van der Waals surface area contributed by atoms with Gasteiger partial charge < -0.3 is 19.8 Å². The maximum Gasteiger partial charge on any atom is 0.299 e. The van der Waals surface area contributed by atoms with E-state index in [1.54, 1.807) is 6.20 Å². The third kappa shape index (κ3) is 5.91. The lowest BCUT2D eigenvalue weighted by molar-refractivity contribution is 0.0906. The van der Waals surface area contributed by atoms with Crippen molar-refractivity contribution in [3.8, 4) is 17.7 Å². The quantitative estimate of drug-likeness (QED) is 0.313. The first-order chi connectivity index (χ1) is 16.8. The predicted octanol–water partition coefficient (Wildman–Crippen LogP) is 3.34. The predicted molar refractivity (Wildman–Crippen MR) is 141 cm³/mol. The molecule has 0 atom stereocenters. The van der Waals surface area contributed by atoms with Gasteiger partial charge in [-0.3, -0.25) is 9.55 Å². The molecule has 0 unspecified atom stereocenters. The van der Waals surface area contributed by atoms with Crippen molar-refractivity contribution in [2.75, 3.05) is 43.5 Å². The smallest absolute Gasteiger partial charge is 0.299 e. The molecule has 188 valence electrons. The molecule has 0 spiro atoms. The van der Waals surface area contributed by atoms with Crippen molar-refractivity contribution in [3.63, 3.8) is 0 Å². The minimum absolute atomic E-state index is 0.274. The number of aryl methyl sites for hydroxylation is 1. The van der Waals surface area contributed by atoms with Gasteiger partial charge in [-0.05, 0) is 43.7 Å². The van der Waals surface area contributed by atoms with Gasteiger partial charge in [0.2, 0.25) is 0 Å². The summed E-state index contributed by atoms with van der Waals surface area (Å²) in [7, 11) is -0.612. The third-order valence-electron chi connectivity index (χ3n) is 5.43. The summed E-state index contributed by atoms with van der Waals surface area (Å²) in [6.07, 6.45) is 13.2. The first kappa shape index (κ1) is 24.9. The van der Waals surface area contributed by atoms with E-state index < -0.39 is 10.0 Å². The molecule has 0 aliphatic heterocycles. The fraction of sp³-hybridized carbons (Fsp3) is 0.458. The van der Waals surface area contributed by atoms with Gasteiger partial charge in [0.1, 0.15) is 6.73 Å². The molecule has 4 aromatic heterocycles. The molecule has 0 saturated heterocycles. The molecule has 4 aromatic rings. The number of nitrogen functional groups attached to an aromatic ring is 1. The Kier molecular flexibility index (Phi) is 7.56. The molecule has 0 bridgehead atoms. The summed E-state index contributed by atoms with van der Waals surface area (Å²) in [4.78, 5) is 22.9. The van der Waals surface area contributed by atoms with Crippen molar-refractivity contribution in [1.29, 1.82) is 0 Å². The molecule has 11 heteroatoms. The number of rotatable bonds is 11. The SMILES string of the molecule is CCOc1nc2c(N)nc(-c3nccn3COCCS(C)(C)C)nc2n1Cc1ccc(CC)nc1. The first-order valence-electron chi connectivity index (χ1n) is 11.6. The largest absolute Gasteiger partial charge is 0.465 e. The van der Waals surface area contributed by atoms with Crippen molar-refractivity contribution >= 4 is 27.0 Å². The molecule has 0 fully saturated rings. The first-order valence-corrected chi connectivity index (χ1v) is 14.7. The summed E-state index contributed by atoms with van der Waals surface area (Å²) in [5.41, 5.74) is 9.47. The van der Waals surface area contributed by atoms with Gasteiger partial charge in [0.15, 0.2) is 28.6 Å². The van der Waals surface area contributed by atoms with E-state index in [4.69, 9.17) is 20.2 Å². The van der Waals surface area contributed by atoms with Crippen molar-refractivity contribution in [2.45, 2.75) is 33.5 Å². The fourth-order valence-corrected chi connectivity index (χ4v) is 4.13. The second-order valence-electron chi connectivity index (χ2n) is 9.08. The summed E-state index contributed by atoms with van der Waals surface area (Å²) in [5.74, 6) is 2.31. The number of hydrogen-bond acceptors (Lipinski definition) is 8. The number of imidazole rings is 2. The van der Waals surface area contributed by atoms with E-state index in [9.17, 15) is 0 Å². The van der Waals surface area contributed by atoms with Gasteiger partial charge in [0, 0.05) is 30.0 Å². The second kappa shape index (κ2) is 10.6. The number of pyridine rings is 1. The van der Waals surface area contributed by atoms with E-state index in [0.717, 1.165) is 23.4 Å². The Hall–Kier alpha value is -3.18. The van der Waals surface area contributed by atoms with Crippen LogP contribution in [-0.2, 0) is 24.4 Å². The summed E-state index contributed by atoms with van der Waals surface area (Å²) in [6.45, 7) is 6.01. The van der Waals surface area contributed by atoms with Gasteiger partial charge in [-0.1, -0.05) is 13.0 Å². The molecule has 0 aliphatic rings. The van der Waals surface area contributed by atoms with Gasteiger partial charge in [0.05, 0.1) is 19.8 Å². The van der Waals surface area contributed by atoms with Crippen LogP contribution in [-0.4, -0.2) is 71.8 Å². The number of ether oxygens (including phenoxy) is 2. The maximum atomic E-state index is 6.33. The molecule has 2 N–H and O–H groups in total. The maximum absolute atomic E-state index is 6.33. The van der Waals surface area contributed by atoms with E-state index in [1.807, 2.05) is 34.5 Å². The fourth-order valence-electron chi connectivity index (χ4n) is 3.52. The lowest BCUT2D eigenvalue weighted by Gasteiger charge is -2.24. The van der Waals surface area contributed by atoms with E-state index in [-0.39, 0.29) is 5.82 Å². The van der Waals surface area contributed by atoms with E-state index in [0.29, 0.717) is 55.3 Å². The second-order valence-corrected chi connectivity index (χ2v) is 13.7. The molecule has 0 radical (unpaired) electrons. The van der Waals surface area contributed by atoms with Crippen LogP contribution >= 0.6 is 10.0 Å². The zero-order valence-corrected chi connectivity index (χ0v) is 21.9. The molecular formula is C24H34N8O2S. The monoisotopic (exact) mass is 498 g/mol. The molecule has 4 heterocycles. The molecule has 10 nitrogen and oxygen atoms in total. The molecule has 0 amide bonds. The Bertz CT molecular complexity index is 1280. The van der Waals surface area contributed by atoms with Gasteiger partial charge in [-0.15, -0.1) is 0 Å². The Morgan fingerprint density at radius 3 is 2.57 bits per heavy atom. The number of nitrogens with two attached hydrogens (primary N) is 1. The van der Waals surface area contributed by atoms with Crippen LogP contribution < -0.4 is 10.5 Å². The summed E-state index contributed by atoms with van der Waals surface area (Å²) >= 11 is 0. The van der Waals surface area contributed by atoms with Crippen molar-refractivity contribution in [3.05, 3.63) is 42.0 Å². The minimum Gasteiger partial charge on any atom is -0.465 e. The molecular weight excluding hydrogens is 464 g/mol. The number of anilines is 1. The van der Waals surface area contributed by atoms with Gasteiger partial charge in [-0.25, -0.2) is 25.0 Å². The van der Waals surface area contributed by atoms with Crippen LogP contribution in [0.5, 0.6) is 6.01 Å². The van der Waals surface area contributed by atoms with Crippen LogP contribution in [0.25, 0.3) is 22.8 Å². The van der Waals surface area contributed by atoms with Gasteiger partial charge >= 0.3 is 0 Å². The average molecular weight is 499 g/mol. The third-order valence-corrected chi connectivity index (χ3v) is 6.83. The minimum atomic E-state index is -0.612. The van der Waals surface area contributed by atoms with E-state index in [2.05, 4.69) is 51.7 Å². The van der Waals surface area contributed by atoms with Crippen LogP contribution in [0.2, 0.25) is 0 Å². The highest BCUT2D eigenvalue weighted by Crippen LogP contribution is 2.33. The van der Waals surface area contributed by atoms with Crippen molar-refractivity contribution in [1.82, 2.24) is 34.1 Å². The average Bonchev–Trinajstić information content (AvgIpc) is 3.42. The van der Waals surface area contributed by atoms with Crippen LogP contribution in [0, 0.1) is 0 Å². The van der Waals surface area contributed by atoms with E-state index >= 15 is 0 Å². The Balaban J connectivity index is 1.67. The summed E-state index contributed by atoms with van der Waals surface area (Å²) < 4.78 is 15.5. The van der Waals surface area contributed by atoms with Crippen LogP contribution in [0.3, 0.4) is 0 Å². The van der Waals surface area contributed by atoms with Crippen molar-refractivity contribution in [2.24, 2.45) is 0 Å². The summed E-state index contributed by atoms with van der Waals surface area (Å²) in [6, 6.07) is 4.53. The zero-order chi connectivity index (χ0) is 25.0. The number of fused-ring (bicyclic) bond motifs is 1. The zero-order valence-electron chi connectivity index (χ0n) is 21.1. The Labute approximate surface area is 207 Å².